The fraction of sp³-hybridized carbons (Fsp3) is 0.238. The van der Waals surface area contributed by atoms with Crippen LogP contribution in [0.4, 0.5) is 5.69 Å². The van der Waals surface area contributed by atoms with Gasteiger partial charge in [0.05, 0.1) is 5.52 Å². The van der Waals surface area contributed by atoms with Crippen LogP contribution < -0.4 is 5.32 Å². The summed E-state index contributed by atoms with van der Waals surface area (Å²) in [6.07, 6.45) is 2.64. The molecule has 6 nitrogen and oxygen atoms in total. The number of aryl methyl sites for hydroxylation is 1. The molecule has 4 rings (SSSR count). The topological polar surface area (TPSA) is 79.4 Å². The maximum Gasteiger partial charge on any atom is 0.245 e. The van der Waals surface area contributed by atoms with E-state index >= 15 is 0 Å². The Morgan fingerprint density at radius 1 is 1.21 bits per heavy atom. The van der Waals surface area contributed by atoms with E-state index in [0.717, 1.165) is 10.9 Å². The van der Waals surface area contributed by atoms with Crippen molar-refractivity contribution in [3.63, 3.8) is 0 Å². The van der Waals surface area contributed by atoms with Crippen molar-refractivity contribution in [1.29, 1.82) is 0 Å². The van der Waals surface area contributed by atoms with Gasteiger partial charge in [-0.15, -0.1) is 0 Å². The molecule has 2 aromatic carbocycles. The molecule has 1 atom stereocenters. The highest BCUT2D eigenvalue weighted by Crippen LogP contribution is 2.30. The van der Waals surface area contributed by atoms with Gasteiger partial charge in [-0.25, -0.2) is 8.42 Å². The molecule has 0 radical (unpaired) electrons. The van der Waals surface area contributed by atoms with Crippen LogP contribution in [0.3, 0.4) is 0 Å². The summed E-state index contributed by atoms with van der Waals surface area (Å²) in [6, 6.07) is 13.1. The summed E-state index contributed by atoms with van der Waals surface area (Å²) in [5.41, 5.74) is 1.85. The van der Waals surface area contributed by atoms with E-state index in [4.69, 9.17) is 11.6 Å². The monoisotopic (exact) mass is 429 g/mol. The standard InChI is InChI=1S/C21H20ClN3O3S/c1-14-9-10-16(13-17(14)22)24-21(26)18-7-4-12-25(18)29(27,28)19-8-2-5-15-6-3-11-23-20(15)19/h2-3,5-6,8-11,13,18H,4,7,12H2,1H3,(H,24,26). The lowest BCUT2D eigenvalue weighted by Crippen LogP contribution is -2.43. The first-order valence-corrected chi connectivity index (χ1v) is 11.1. The van der Waals surface area contributed by atoms with Crippen LogP contribution in [0.5, 0.6) is 0 Å². The number of pyridine rings is 1. The minimum absolute atomic E-state index is 0.119. The quantitative estimate of drug-likeness (QED) is 0.680. The summed E-state index contributed by atoms with van der Waals surface area (Å²) >= 11 is 6.13. The maximum absolute atomic E-state index is 13.4. The summed E-state index contributed by atoms with van der Waals surface area (Å²) in [4.78, 5) is 17.3. The van der Waals surface area contributed by atoms with Gasteiger partial charge in [-0.1, -0.05) is 35.9 Å². The third-order valence-electron chi connectivity index (χ3n) is 5.13. The largest absolute Gasteiger partial charge is 0.325 e. The molecular weight excluding hydrogens is 410 g/mol. The van der Waals surface area contributed by atoms with E-state index in [1.165, 1.54) is 10.4 Å². The number of rotatable bonds is 4. The molecule has 1 aliphatic rings. The third kappa shape index (κ3) is 3.73. The van der Waals surface area contributed by atoms with Crippen molar-refractivity contribution >= 4 is 44.1 Å². The molecular formula is C21H20ClN3O3S. The number of aromatic nitrogens is 1. The molecule has 1 aromatic heterocycles. The average molecular weight is 430 g/mol. The fourth-order valence-corrected chi connectivity index (χ4v) is 5.60. The molecule has 150 valence electrons. The number of amides is 1. The Bertz CT molecular complexity index is 1190. The molecule has 1 saturated heterocycles. The smallest absolute Gasteiger partial charge is 0.245 e. The molecule has 1 fully saturated rings. The molecule has 1 N–H and O–H groups in total. The van der Waals surface area contributed by atoms with Gasteiger partial charge in [0.25, 0.3) is 0 Å². The van der Waals surface area contributed by atoms with E-state index in [1.54, 1.807) is 30.5 Å². The lowest BCUT2D eigenvalue weighted by molar-refractivity contribution is -0.119. The molecule has 29 heavy (non-hydrogen) atoms. The van der Waals surface area contributed by atoms with Crippen molar-refractivity contribution in [1.82, 2.24) is 9.29 Å². The highest BCUT2D eigenvalue weighted by molar-refractivity contribution is 7.89. The zero-order chi connectivity index (χ0) is 20.6. The van der Waals surface area contributed by atoms with Gasteiger partial charge in [-0.05, 0) is 49.6 Å². The lowest BCUT2D eigenvalue weighted by Gasteiger charge is -2.24. The molecule has 0 aliphatic carbocycles. The van der Waals surface area contributed by atoms with Gasteiger partial charge >= 0.3 is 0 Å². The number of para-hydroxylation sites is 1. The molecule has 0 spiro atoms. The van der Waals surface area contributed by atoms with Gasteiger partial charge < -0.3 is 5.32 Å². The van der Waals surface area contributed by atoms with Gasteiger partial charge in [0.1, 0.15) is 10.9 Å². The van der Waals surface area contributed by atoms with Crippen LogP contribution in [0, 0.1) is 6.92 Å². The highest BCUT2D eigenvalue weighted by atomic mass is 35.5. The highest BCUT2D eigenvalue weighted by Gasteiger charge is 2.40. The number of hydrogen-bond acceptors (Lipinski definition) is 4. The number of anilines is 1. The second-order valence-electron chi connectivity index (χ2n) is 7.06. The first-order valence-electron chi connectivity index (χ1n) is 9.30. The second kappa shape index (κ2) is 7.74. The fourth-order valence-electron chi connectivity index (χ4n) is 3.60. The van der Waals surface area contributed by atoms with Gasteiger partial charge in [-0.2, -0.15) is 4.31 Å². The van der Waals surface area contributed by atoms with Crippen molar-refractivity contribution in [3.05, 3.63) is 65.3 Å². The minimum Gasteiger partial charge on any atom is -0.325 e. The minimum atomic E-state index is -3.88. The van der Waals surface area contributed by atoms with E-state index < -0.39 is 16.1 Å². The SMILES string of the molecule is Cc1ccc(NC(=O)C2CCCN2S(=O)(=O)c2cccc3cccnc23)cc1Cl. The van der Waals surface area contributed by atoms with E-state index in [-0.39, 0.29) is 17.3 Å². The first kappa shape index (κ1) is 19.8. The van der Waals surface area contributed by atoms with Crippen LogP contribution >= 0.6 is 11.6 Å². The van der Waals surface area contributed by atoms with Crippen molar-refractivity contribution < 1.29 is 13.2 Å². The van der Waals surface area contributed by atoms with Crippen LogP contribution in [0.15, 0.2) is 59.6 Å². The van der Waals surface area contributed by atoms with E-state index in [2.05, 4.69) is 10.3 Å². The van der Waals surface area contributed by atoms with E-state index in [1.807, 2.05) is 25.1 Å². The van der Waals surface area contributed by atoms with Crippen LogP contribution in [-0.2, 0) is 14.8 Å². The van der Waals surface area contributed by atoms with Crippen LogP contribution in [0.25, 0.3) is 10.9 Å². The van der Waals surface area contributed by atoms with E-state index in [9.17, 15) is 13.2 Å². The van der Waals surface area contributed by atoms with Crippen LogP contribution in [0.1, 0.15) is 18.4 Å². The number of nitrogens with zero attached hydrogens (tertiary/aromatic N) is 2. The second-order valence-corrected chi connectivity index (χ2v) is 9.32. The predicted molar refractivity (Wildman–Crippen MR) is 113 cm³/mol. The van der Waals surface area contributed by atoms with Crippen LogP contribution in [-0.4, -0.2) is 36.2 Å². The van der Waals surface area contributed by atoms with E-state index in [0.29, 0.717) is 29.1 Å². The molecule has 1 amide bonds. The normalized spacial score (nSPS) is 17.5. The number of benzene rings is 2. The average Bonchev–Trinajstić information content (AvgIpc) is 3.21. The Balaban J connectivity index is 1.64. The molecule has 2 heterocycles. The summed E-state index contributed by atoms with van der Waals surface area (Å²) < 4.78 is 28.1. The number of nitrogens with one attached hydrogen (secondary N) is 1. The molecule has 3 aromatic rings. The maximum atomic E-state index is 13.4. The zero-order valence-electron chi connectivity index (χ0n) is 15.8. The van der Waals surface area contributed by atoms with Gasteiger partial charge in [-0.3, -0.25) is 9.78 Å². The Morgan fingerprint density at radius 2 is 2.00 bits per heavy atom. The van der Waals surface area contributed by atoms with Gasteiger partial charge in [0.15, 0.2) is 0 Å². The molecule has 8 heteroatoms. The number of sulfonamides is 1. The Labute approximate surface area is 174 Å². The van der Waals surface area contributed by atoms with Crippen molar-refractivity contribution in [2.75, 3.05) is 11.9 Å². The molecule has 0 bridgehead atoms. The molecule has 0 saturated carbocycles. The molecule has 1 aliphatic heterocycles. The Morgan fingerprint density at radius 3 is 2.79 bits per heavy atom. The van der Waals surface area contributed by atoms with Gasteiger partial charge in [0.2, 0.25) is 15.9 Å². The van der Waals surface area contributed by atoms with Crippen molar-refractivity contribution in [2.24, 2.45) is 0 Å². The van der Waals surface area contributed by atoms with Crippen molar-refractivity contribution in [3.8, 4) is 0 Å². The number of fused-ring (bicyclic) bond motifs is 1. The summed E-state index contributed by atoms with van der Waals surface area (Å²) in [5, 5.41) is 4.08. The lowest BCUT2D eigenvalue weighted by atomic mass is 10.2. The number of hydrogen-bond donors (Lipinski definition) is 1. The predicted octanol–water partition coefficient (Wildman–Crippen LogP) is 3.99. The summed E-state index contributed by atoms with van der Waals surface area (Å²) in [6.45, 7) is 2.16. The Kier molecular flexibility index (Phi) is 5.29. The first-order chi connectivity index (χ1) is 13.9. The zero-order valence-corrected chi connectivity index (χ0v) is 17.4. The number of halogens is 1. The number of carbonyl (C=O) groups is 1. The van der Waals surface area contributed by atoms with Crippen LogP contribution in [0.2, 0.25) is 5.02 Å². The summed E-state index contributed by atoms with van der Waals surface area (Å²) in [5.74, 6) is -0.362. The molecule has 1 unspecified atom stereocenters. The van der Waals surface area contributed by atoms with Crippen molar-refractivity contribution in [2.45, 2.75) is 30.7 Å². The third-order valence-corrected chi connectivity index (χ3v) is 7.48. The van der Waals surface area contributed by atoms with Gasteiger partial charge in [0, 0.05) is 28.8 Å². The number of carbonyl (C=O) groups excluding carboxylic acids is 1. The summed E-state index contributed by atoms with van der Waals surface area (Å²) in [7, 11) is -3.88. The Hall–Kier alpha value is -2.48.